The van der Waals surface area contributed by atoms with E-state index in [1.165, 1.54) is 12.1 Å². The van der Waals surface area contributed by atoms with Crippen molar-refractivity contribution in [3.05, 3.63) is 29.8 Å². The third kappa shape index (κ3) is 7.45. The van der Waals surface area contributed by atoms with Crippen molar-refractivity contribution >= 4 is 16.2 Å². The summed E-state index contributed by atoms with van der Waals surface area (Å²) in [6.07, 6.45) is -1.87. The molecule has 1 aromatic carbocycles. The van der Waals surface area contributed by atoms with E-state index in [-0.39, 0.29) is 11.4 Å². The number of carbonyl (C=O) groups is 1. The lowest BCUT2D eigenvalue weighted by Crippen LogP contribution is -2.38. The molecule has 0 saturated carbocycles. The highest BCUT2D eigenvalue weighted by atomic mass is 32.2. The molecule has 0 unspecified atom stereocenters. The van der Waals surface area contributed by atoms with Crippen LogP contribution in [0.25, 0.3) is 0 Å². The fraction of sp³-hybridized carbons (Fsp3) is 0.533. The van der Waals surface area contributed by atoms with Gasteiger partial charge in [0.1, 0.15) is 5.60 Å². The van der Waals surface area contributed by atoms with E-state index in [0.29, 0.717) is 0 Å². The van der Waals surface area contributed by atoms with Crippen LogP contribution < -0.4 is 5.32 Å². The van der Waals surface area contributed by atoms with Gasteiger partial charge in [0.2, 0.25) is 0 Å². The molecule has 0 bridgehead atoms. The first kappa shape index (κ1) is 19.4. The van der Waals surface area contributed by atoms with Gasteiger partial charge in [-0.2, -0.15) is 8.42 Å². The molecule has 7 nitrogen and oxygen atoms in total. The van der Waals surface area contributed by atoms with Crippen LogP contribution in [0.3, 0.4) is 0 Å². The van der Waals surface area contributed by atoms with Crippen molar-refractivity contribution in [1.82, 2.24) is 5.32 Å². The van der Waals surface area contributed by atoms with Gasteiger partial charge >= 0.3 is 6.09 Å². The Labute approximate surface area is 136 Å². The summed E-state index contributed by atoms with van der Waals surface area (Å²) >= 11 is 0. The van der Waals surface area contributed by atoms with Crippen molar-refractivity contribution in [3.8, 4) is 0 Å². The number of hydrogen-bond donors (Lipinski definition) is 2. The van der Waals surface area contributed by atoms with E-state index in [1.807, 2.05) is 6.92 Å². The zero-order chi connectivity index (χ0) is 17.7. The molecule has 1 amide bonds. The maximum absolute atomic E-state index is 11.9. The minimum atomic E-state index is -3.94. The molecular weight excluding hydrogens is 322 g/mol. The second-order valence-corrected chi connectivity index (χ2v) is 7.70. The van der Waals surface area contributed by atoms with Gasteiger partial charge in [-0.3, -0.25) is 4.18 Å². The summed E-state index contributed by atoms with van der Waals surface area (Å²) in [7, 11) is -3.94. The van der Waals surface area contributed by atoms with Crippen LogP contribution in [0.4, 0.5) is 4.79 Å². The minimum Gasteiger partial charge on any atom is -0.444 e. The second-order valence-electron chi connectivity index (χ2n) is 6.09. The van der Waals surface area contributed by atoms with Gasteiger partial charge in [0.05, 0.1) is 17.6 Å². The topological polar surface area (TPSA) is 102 Å². The molecule has 8 heteroatoms. The van der Waals surface area contributed by atoms with Crippen molar-refractivity contribution < 1.29 is 27.2 Å². The van der Waals surface area contributed by atoms with Gasteiger partial charge in [-0.25, -0.2) is 4.79 Å². The fourth-order valence-corrected chi connectivity index (χ4v) is 2.46. The summed E-state index contributed by atoms with van der Waals surface area (Å²) in [5.74, 6) is 0. The third-order valence-electron chi connectivity index (χ3n) is 2.61. The Morgan fingerprint density at radius 1 is 1.26 bits per heavy atom. The lowest BCUT2D eigenvalue weighted by molar-refractivity contribution is 0.0466. The number of rotatable bonds is 6. The summed E-state index contributed by atoms with van der Waals surface area (Å²) in [5, 5.41) is 12.0. The quantitative estimate of drug-likeness (QED) is 0.759. The summed E-state index contributed by atoms with van der Waals surface area (Å²) in [6.45, 7) is 6.31. The van der Waals surface area contributed by atoms with Crippen LogP contribution >= 0.6 is 0 Å². The Balaban J connectivity index is 2.45. The van der Waals surface area contributed by atoms with Crippen LogP contribution in [-0.4, -0.2) is 44.5 Å². The zero-order valence-electron chi connectivity index (χ0n) is 13.7. The molecule has 1 aromatic rings. The van der Waals surface area contributed by atoms with Crippen LogP contribution in [0, 0.1) is 6.92 Å². The monoisotopic (exact) mass is 345 g/mol. The molecule has 0 spiro atoms. The number of aliphatic hydroxyl groups is 1. The third-order valence-corrected chi connectivity index (χ3v) is 3.90. The predicted octanol–water partition coefficient (Wildman–Crippen LogP) is 1.59. The Hall–Kier alpha value is -1.64. The summed E-state index contributed by atoms with van der Waals surface area (Å²) in [6, 6.07) is 6.15. The molecule has 0 heterocycles. The van der Waals surface area contributed by atoms with E-state index in [2.05, 4.69) is 5.32 Å². The maximum Gasteiger partial charge on any atom is 0.407 e. The number of hydrogen-bond acceptors (Lipinski definition) is 6. The van der Waals surface area contributed by atoms with Crippen LogP contribution in [-0.2, 0) is 19.0 Å². The lowest BCUT2D eigenvalue weighted by Gasteiger charge is -2.20. The Morgan fingerprint density at radius 2 is 1.83 bits per heavy atom. The molecule has 1 atom stereocenters. The van der Waals surface area contributed by atoms with Gasteiger partial charge in [-0.05, 0) is 39.8 Å². The highest BCUT2D eigenvalue weighted by Crippen LogP contribution is 2.13. The summed E-state index contributed by atoms with van der Waals surface area (Å²) in [5.41, 5.74) is 0.269. The number of aliphatic hydroxyl groups excluding tert-OH is 1. The number of amides is 1. The van der Waals surface area contributed by atoms with Crippen molar-refractivity contribution in [2.24, 2.45) is 0 Å². The normalized spacial score (nSPS) is 13.4. The Kier molecular flexibility index (Phi) is 6.55. The first-order valence-electron chi connectivity index (χ1n) is 7.10. The molecule has 0 radical (unpaired) electrons. The van der Waals surface area contributed by atoms with Crippen molar-refractivity contribution in [2.75, 3.05) is 13.2 Å². The predicted molar refractivity (Wildman–Crippen MR) is 84.6 cm³/mol. The highest BCUT2D eigenvalue weighted by Gasteiger charge is 2.19. The molecule has 0 aliphatic rings. The number of aryl methyl sites for hydroxylation is 1. The van der Waals surface area contributed by atoms with Crippen LogP contribution in [0.1, 0.15) is 26.3 Å². The molecule has 130 valence electrons. The van der Waals surface area contributed by atoms with E-state index in [4.69, 9.17) is 8.92 Å². The number of alkyl carbamates (subject to hydrolysis) is 1. The minimum absolute atomic E-state index is 0.00963. The Morgan fingerprint density at radius 3 is 2.35 bits per heavy atom. The molecule has 23 heavy (non-hydrogen) atoms. The standard InChI is InChI=1S/C15H23NO6S/c1-11-5-7-13(8-6-11)23(19,20)21-10-12(17)9-16-14(18)22-15(2,3)4/h5-8,12,17H,9-10H2,1-4H3,(H,16,18)/t12-/m1/s1. The Bertz CT molecular complexity index is 618. The van der Waals surface area contributed by atoms with E-state index >= 15 is 0 Å². The van der Waals surface area contributed by atoms with E-state index < -0.39 is 34.5 Å². The van der Waals surface area contributed by atoms with E-state index in [9.17, 15) is 18.3 Å². The molecule has 0 aliphatic heterocycles. The van der Waals surface area contributed by atoms with Gasteiger partial charge in [-0.1, -0.05) is 17.7 Å². The number of ether oxygens (including phenoxy) is 1. The lowest BCUT2D eigenvalue weighted by atomic mass is 10.2. The first-order valence-corrected chi connectivity index (χ1v) is 8.51. The SMILES string of the molecule is Cc1ccc(S(=O)(=O)OC[C@H](O)CNC(=O)OC(C)(C)C)cc1. The number of nitrogens with one attached hydrogen (secondary N) is 1. The van der Waals surface area contributed by atoms with Crippen molar-refractivity contribution in [2.45, 2.75) is 44.3 Å². The van der Waals surface area contributed by atoms with E-state index in [1.54, 1.807) is 32.9 Å². The molecule has 0 aliphatic carbocycles. The summed E-state index contributed by atoms with van der Waals surface area (Å²) < 4.78 is 33.6. The van der Waals surface area contributed by atoms with Crippen molar-refractivity contribution in [3.63, 3.8) is 0 Å². The first-order chi connectivity index (χ1) is 10.5. The largest absolute Gasteiger partial charge is 0.444 e. The van der Waals surface area contributed by atoms with Gasteiger partial charge in [-0.15, -0.1) is 0 Å². The van der Waals surface area contributed by atoms with Crippen LogP contribution in [0.2, 0.25) is 0 Å². The second kappa shape index (κ2) is 7.76. The maximum atomic E-state index is 11.9. The summed E-state index contributed by atoms with van der Waals surface area (Å²) in [4.78, 5) is 11.4. The molecule has 0 saturated heterocycles. The van der Waals surface area contributed by atoms with Gasteiger partial charge in [0, 0.05) is 6.54 Å². The van der Waals surface area contributed by atoms with Crippen LogP contribution in [0.15, 0.2) is 29.2 Å². The van der Waals surface area contributed by atoms with Gasteiger partial charge in [0.25, 0.3) is 10.1 Å². The zero-order valence-corrected chi connectivity index (χ0v) is 14.5. The molecule has 0 fully saturated rings. The average Bonchev–Trinajstić information content (AvgIpc) is 2.41. The highest BCUT2D eigenvalue weighted by molar-refractivity contribution is 7.86. The van der Waals surface area contributed by atoms with Crippen molar-refractivity contribution in [1.29, 1.82) is 0 Å². The smallest absolute Gasteiger partial charge is 0.407 e. The van der Waals surface area contributed by atoms with Gasteiger partial charge in [0.15, 0.2) is 0 Å². The number of carbonyl (C=O) groups excluding carboxylic acids is 1. The fourth-order valence-electron chi connectivity index (χ4n) is 1.52. The molecule has 0 aromatic heterocycles. The average molecular weight is 345 g/mol. The number of benzene rings is 1. The molecular formula is C15H23NO6S. The molecule has 2 N–H and O–H groups in total. The van der Waals surface area contributed by atoms with E-state index in [0.717, 1.165) is 5.56 Å². The van der Waals surface area contributed by atoms with Gasteiger partial charge < -0.3 is 15.2 Å². The molecule has 1 rings (SSSR count). The van der Waals surface area contributed by atoms with Crippen LogP contribution in [0.5, 0.6) is 0 Å².